The molecule has 8 heteroatoms. The highest BCUT2D eigenvalue weighted by Crippen LogP contribution is 2.30. The predicted molar refractivity (Wildman–Crippen MR) is 103 cm³/mol. The summed E-state index contributed by atoms with van der Waals surface area (Å²) in [5, 5.41) is 19.5. The van der Waals surface area contributed by atoms with Gasteiger partial charge in [0.25, 0.3) is 5.69 Å². The van der Waals surface area contributed by atoms with Crippen molar-refractivity contribution in [2.75, 3.05) is 16.0 Å². The summed E-state index contributed by atoms with van der Waals surface area (Å²) < 4.78 is 0. The van der Waals surface area contributed by atoms with E-state index >= 15 is 0 Å². The van der Waals surface area contributed by atoms with Gasteiger partial charge in [-0.05, 0) is 49.6 Å². The van der Waals surface area contributed by atoms with Crippen LogP contribution in [0.1, 0.15) is 23.1 Å². The lowest BCUT2D eigenvalue weighted by Crippen LogP contribution is -2.41. The largest absolute Gasteiger partial charge is 0.372 e. The smallest absolute Gasteiger partial charge is 0.271 e. The fraction of sp³-hybridized carbons (Fsp3) is 0.263. The van der Waals surface area contributed by atoms with E-state index in [9.17, 15) is 19.7 Å². The number of hydrogen-bond donors (Lipinski definition) is 3. The van der Waals surface area contributed by atoms with E-state index in [0.717, 1.165) is 16.8 Å². The highest BCUT2D eigenvalue weighted by atomic mass is 16.6. The molecule has 0 saturated carbocycles. The van der Waals surface area contributed by atoms with Gasteiger partial charge in [0.2, 0.25) is 11.8 Å². The zero-order valence-electron chi connectivity index (χ0n) is 15.3. The van der Waals surface area contributed by atoms with Crippen LogP contribution in [0.3, 0.4) is 0 Å². The van der Waals surface area contributed by atoms with Crippen LogP contribution in [0.25, 0.3) is 0 Å². The summed E-state index contributed by atoms with van der Waals surface area (Å²) >= 11 is 0. The minimum atomic E-state index is -0.724. The average molecular weight is 368 g/mol. The second-order valence-corrected chi connectivity index (χ2v) is 6.68. The molecule has 1 atom stereocenters. The van der Waals surface area contributed by atoms with Gasteiger partial charge in [-0.15, -0.1) is 0 Å². The Kier molecular flexibility index (Phi) is 4.81. The number of carbonyl (C=O) groups is 2. The molecule has 0 radical (unpaired) electrons. The van der Waals surface area contributed by atoms with E-state index in [4.69, 9.17) is 0 Å². The minimum absolute atomic E-state index is 0.0969. The Morgan fingerprint density at radius 2 is 1.78 bits per heavy atom. The average Bonchev–Trinajstić information content (AvgIpc) is 2.59. The zero-order valence-corrected chi connectivity index (χ0v) is 15.3. The van der Waals surface area contributed by atoms with Gasteiger partial charge in [-0.1, -0.05) is 6.07 Å². The van der Waals surface area contributed by atoms with Crippen molar-refractivity contribution in [3.63, 3.8) is 0 Å². The van der Waals surface area contributed by atoms with Crippen LogP contribution in [0.15, 0.2) is 30.3 Å². The molecule has 0 saturated heterocycles. The van der Waals surface area contributed by atoms with Gasteiger partial charge in [-0.3, -0.25) is 19.7 Å². The SMILES string of the molecule is Cc1cc2c(cc1C)N[C@H](CC(=O)Nc1cc([N+](=O)[O-])ccc1C)C(=O)N2. The summed E-state index contributed by atoms with van der Waals surface area (Å²) in [5.41, 5.74) is 4.55. The number of nitro groups is 1. The van der Waals surface area contributed by atoms with E-state index in [0.29, 0.717) is 16.9 Å². The Morgan fingerprint density at radius 3 is 2.44 bits per heavy atom. The molecule has 1 aliphatic rings. The molecule has 0 unspecified atom stereocenters. The van der Waals surface area contributed by atoms with Crippen LogP contribution in [0, 0.1) is 30.9 Å². The van der Waals surface area contributed by atoms with E-state index in [1.807, 2.05) is 26.0 Å². The predicted octanol–water partition coefficient (Wildman–Crippen LogP) is 3.28. The van der Waals surface area contributed by atoms with Gasteiger partial charge in [-0.25, -0.2) is 0 Å². The summed E-state index contributed by atoms with van der Waals surface area (Å²) in [5.74, 6) is -0.699. The number of nitrogens with one attached hydrogen (secondary N) is 3. The maximum Gasteiger partial charge on any atom is 0.271 e. The maximum absolute atomic E-state index is 12.4. The highest BCUT2D eigenvalue weighted by Gasteiger charge is 2.28. The monoisotopic (exact) mass is 368 g/mol. The van der Waals surface area contributed by atoms with Crippen molar-refractivity contribution in [3.8, 4) is 0 Å². The first-order valence-electron chi connectivity index (χ1n) is 8.48. The summed E-state index contributed by atoms with van der Waals surface area (Å²) in [7, 11) is 0. The third-order valence-electron chi connectivity index (χ3n) is 4.63. The summed E-state index contributed by atoms with van der Waals surface area (Å²) in [6.45, 7) is 5.68. The van der Waals surface area contributed by atoms with Crippen LogP contribution in [-0.4, -0.2) is 22.8 Å². The first kappa shape index (κ1) is 18.4. The Balaban J connectivity index is 1.73. The number of amides is 2. The van der Waals surface area contributed by atoms with E-state index in [2.05, 4.69) is 16.0 Å². The van der Waals surface area contributed by atoms with Crippen molar-refractivity contribution in [2.24, 2.45) is 0 Å². The lowest BCUT2D eigenvalue weighted by Gasteiger charge is -2.27. The molecule has 2 amide bonds. The Morgan fingerprint density at radius 1 is 1.11 bits per heavy atom. The van der Waals surface area contributed by atoms with Crippen LogP contribution in [0.4, 0.5) is 22.7 Å². The van der Waals surface area contributed by atoms with Crippen LogP contribution in [0.2, 0.25) is 0 Å². The molecule has 2 aromatic rings. The summed E-state index contributed by atoms with van der Waals surface area (Å²) in [6.07, 6.45) is -0.0969. The Labute approximate surface area is 156 Å². The summed E-state index contributed by atoms with van der Waals surface area (Å²) in [6, 6.07) is 7.35. The highest BCUT2D eigenvalue weighted by molar-refractivity contribution is 6.06. The van der Waals surface area contributed by atoms with Crippen LogP contribution in [0.5, 0.6) is 0 Å². The van der Waals surface area contributed by atoms with Crippen molar-refractivity contribution in [1.82, 2.24) is 0 Å². The number of fused-ring (bicyclic) bond motifs is 1. The van der Waals surface area contributed by atoms with Gasteiger partial charge in [-0.2, -0.15) is 0 Å². The van der Waals surface area contributed by atoms with Crippen molar-refractivity contribution in [3.05, 3.63) is 57.1 Å². The lowest BCUT2D eigenvalue weighted by atomic mass is 10.0. The lowest BCUT2D eigenvalue weighted by molar-refractivity contribution is -0.384. The van der Waals surface area contributed by atoms with Crippen LogP contribution < -0.4 is 16.0 Å². The number of anilines is 3. The molecule has 3 rings (SSSR count). The fourth-order valence-corrected chi connectivity index (χ4v) is 2.90. The quantitative estimate of drug-likeness (QED) is 0.566. The molecule has 0 bridgehead atoms. The molecule has 0 aromatic heterocycles. The number of non-ortho nitro benzene ring substituents is 1. The van der Waals surface area contributed by atoms with E-state index in [1.54, 1.807) is 13.0 Å². The maximum atomic E-state index is 12.4. The van der Waals surface area contributed by atoms with E-state index in [-0.39, 0.29) is 18.0 Å². The summed E-state index contributed by atoms with van der Waals surface area (Å²) in [4.78, 5) is 35.1. The number of benzene rings is 2. The molecule has 1 aliphatic heterocycles. The fourth-order valence-electron chi connectivity index (χ4n) is 2.90. The number of hydrogen-bond acceptors (Lipinski definition) is 5. The molecule has 1 heterocycles. The van der Waals surface area contributed by atoms with Gasteiger partial charge in [0.15, 0.2) is 0 Å². The number of aryl methyl sites for hydroxylation is 3. The number of nitrogens with zero attached hydrogens (tertiary/aromatic N) is 1. The third-order valence-corrected chi connectivity index (χ3v) is 4.63. The minimum Gasteiger partial charge on any atom is -0.372 e. The van der Waals surface area contributed by atoms with Crippen molar-refractivity contribution < 1.29 is 14.5 Å². The second kappa shape index (κ2) is 7.06. The van der Waals surface area contributed by atoms with Crippen LogP contribution >= 0.6 is 0 Å². The van der Waals surface area contributed by atoms with Crippen molar-refractivity contribution >= 4 is 34.6 Å². The number of rotatable bonds is 4. The molecule has 0 aliphatic carbocycles. The van der Waals surface area contributed by atoms with Gasteiger partial charge >= 0.3 is 0 Å². The molecule has 2 aromatic carbocycles. The van der Waals surface area contributed by atoms with Crippen LogP contribution in [-0.2, 0) is 9.59 Å². The number of nitro benzene ring substituents is 1. The first-order valence-corrected chi connectivity index (χ1v) is 8.48. The topological polar surface area (TPSA) is 113 Å². The normalized spacial score (nSPS) is 15.4. The Bertz CT molecular complexity index is 955. The molecule has 27 heavy (non-hydrogen) atoms. The third kappa shape index (κ3) is 3.89. The molecule has 0 spiro atoms. The van der Waals surface area contributed by atoms with Crippen molar-refractivity contribution in [2.45, 2.75) is 33.2 Å². The molecule has 0 fully saturated rings. The molecule has 3 N–H and O–H groups in total. The number of carbonyl (C=O) groups excluding carboxylic acids is 2. The molecular formula is C19H20N4O4. The first-order chi connectivity index (χ1) is 12.7. The molecule has 140 valence electrons. The van der Waals surface area contributed by atoms with E-state index < -0.39 is 16.9 Å². The van der Waals surface area contributed by atoms with Gasteiger partial charge in [0, 0.05) is 12.1 Å². The van der Waals surface area contributed by atoms with E-state index in [1.165, 1.54) is 12.1 Å². The Hall–Kier alpha value is -3.42. The van der Waals surface area contributed by atoms with Crippen molar-refractivity contribution in [1.29, 1.82) is 0 Å². The second-order valence-electron chi connectivity index (χ2n) is 6.68. The molecule has 8 nitrogen and oxygen atoms in total. The van der Waals surface area contributed by atoms with Gasteiger partial charge in [0.05, 0.1) is 28.4 Å². The van der Waals surface area contributed by atoms with Gasteiger partial charge in [0.1, 0.15) is 6.04 Å². The molecular weight excluding hydrogens is 348 g/mol. The van der Waals surface area contributed by atoms with Gasteiger partial charge < -0.3 is 16.0 Å². The zero-order chi connectivity index (χ0) is 19.7. The standard InChI is InChI=1S/C19H20N4O4/c1-10-4-5-13(23(26)27)8-14(10)21-18(24)9-17-19(25)22-16-7-12(3)11(2)6-15(16)20-17/h4-8,17,20H,9H2,1-3H3,(H,21,24)(H,22,25)/t17-/m1/s1.